The summed E-state index contributed by atoms with van der Waals surface area (Å²) in [6.07, 6.45) is -4.21. The van der Waals surface area contributed by atoms with Crippen LogP contribution in [-0.2, 0) is 22.3 Å². The van der Waals surface area contributed by atoms with E-state index in [9.17, 15) is 18.0 Å². The third kappa shape index (κ3) is 3.54. The summed E-state index contributed by atoms with van der Waals surface area (Å²) in [6.45, 7) is 0.402. The molecule has 0 bridgehead atoms. The molecule has 0 aromatic heterocycles. The number of alkyl halides is 3. The van der Waals surface area contributed by atoms with Gasteiger partial charge < -0.3 is 10.5 Å². The number of primary amides is 1. The van der Waals surface area contributed by atoms with Crippen molar-refractivity contribution in [1.29, 1.82) is 0 Å². The van der Waals surface area contributed by atoms with Gasteiger partial charge in [0.25, 0.3) is 0 Å². The maximum atomic E-state index is 13.0. The highest BCUT2D eigenvalue weighted by molar-refractivity contribution is 5.80. The third-order valence-electron chi connectivity index (χ3n) is 3.72. The zero-order valence-corrected chi connectivity index (χ0v) is 11.6. The zero-order chi connectivity index (χ0) is 15.6. The van der Waals surface area contributed by atoms with Crippen molar-refractivity contribution in [3.8, 4) is 0 Å². The lowest BCUT2D eigenvalue weighted by molar-refractivity contribution is -0.138. The molecule has 2 N–H and O–H groups in total. The molecular formula is C14H17F3N2O2. The minimum absolute atomic E-state index is 0.0170. The molecule has 7 heteroatoms. The molecule has 1 aromatic rings. The Hall–Kier alpha value is -1.60. The number of rotatable bonds is 4. The van der Waals surface area contributed by atoms with Gasteiger partial charge in [-0.1, -0.05) is 18.2 Å². The van der Waals surface area contributed by atoms with Crippen LogP contribution in [0.1, 0.15) is 17.5 Å². The van der Waals surface area contributed by atoms with E-state index in [0.717, 1.165) is 6.07 Å². The summed E-state index contributed by atoms with van der Waals surface area (Å²) < 4.78 is 44.1. The fourth-order valence-electron chi connectivity index (χ4n) is 2.66. The highest BCUT2D eigenvalue weighted by Gasteiger charge is 2.38. The van der Waals surface area contributed by atoms with E-state index in [-0.39, 0.29) is 18.2 Å². The molecule has 2 atom stereocenters. The minimum Gasteiger partial charge on any atom is -0.380 e. The molecule has 21 heavy (non-hydrogen) atoms. The van der Waals surface area contributed by atoms with Crippen molar-refractivity contribution in [2.45, 2.75) is 31.3 Å². The Kier molecular flexibility index (Phi) is 4.53. The first kappa shape index (κ1) is 15.8. The summed E-state index contributed by atoms with van der Waals surface area (Å²) in [5, 5.41) is 0. The fraction of sp³-hybridized carbons (Fsp3) is 0.500. The van der Waals surface area contributed by atoms with Crippen LogP contribution in [0.4, 0.5) is 13.2 Å². The minimum atomic E-state index is -4.42. The van der Waals surface area contributed by atoms with E-state index in [0.29, 0.717) is 13.0 Å². The first-order valence-corrected chi connectivity index (χ1v) is 6.54. The molecule has 1 aromatic carbocycles. The molecule has 0 radical (unpaired) electrons. The SMILES string of the molecule is CO[C@H]1C[C@@H](C(N)=O)N(Cc2ccccc2C(F)(F)F)C1. The number of benzene rings is 1. The van der Waals surface area contributed by atoms with Gasteiger partial charge in [0.05, 0.1) is 17.7 Å². The third-order valence-corrected chi connectivity index (χ3v) is 3.72. The van der Waals surface area contributed by atoms with Gasteiger partial charge in [-0.3, -0.25) is 9.69 Å². The molecular weight excluding hydrogens is 285 g/mol. The number of halogens is 3. The van der Waals surface area contributed by atoms with E-state index in [1.54, 1.807) is 11.0 Å². The fourth-order valence-corrected chi connectivity index (χ4v) is 2.66. The smallest absolute Gasteiger partial charge is 0.380 e. The van der Waals surface area contributed by atoms with Gasteiger partial charge in [-0.05, 0) is 18.1 Å². The van der Waals surface area contributed by atoms with Crippen LogP contribution in [0.5, 0.6) is 0 Å². The molecule has 1 fully saturated rings. The van der Waals surface area contributed by atoms with Gasteiger partial charge in [0.15, 0.2) is 0 Å². The predicted octanol–water partition coefficient (Wildman–Crippen LogP) is 1.78. The van der Waals surface area contributed by atoms with E-state index in [2.05, 4.69) is 0 Å². The van der Waals surface area contributed by atoms with E-state index in [1.807, 2.05) is 0 Å². The molecule has 1 amide bonds. The molecule has 1 heterocycles. The van der Waals surface area contributed by atoms with Gasteiger partial charge in [-0.25, -0.2) is 0 Å². The molecule has 0 aliphatic carbocycles. The zero-order valence-electron chi connectivity index (χ0n) is 11.6. The molecule has 0 saturated carbocycles. The second-order valence-electron chi connectivity index (χ2n) is 5.10. The van der Waals surface area contributed by atoms with Crippen LogP contribution in [0.15, 0.2) is 24.3 Å². The normalized spacial score (nSPS) is 23.4. The molecule has 1 saturated heterocycles. The molecule has 0 unspecified atom stereocenters. The van der Waals surface area contributed by atoms with Gasteiger partial charge in [0, 0.05) is 20.2 Å². The Balaban J connectivity index is 2.23. The first-order chi connectivity index (χ1) is 9.82. The van der Waals surface area contributed by atoms with Gasteiger partial charge >= 0.3 is 6.18 Å². The lowest BCUT2D eigenvalue weighted by atomic mass is 10.1. The summed E-state index contributed by atoms with van der Waals surface area (Å²) in [4.78, 5) is 13.1. The first-order valence-electron chi connectivity index (χ1n) is 6.54. The number of ether oxygens (including phenoxy) is 1. The number of nitrogens with two attached hydrogens (primary N) is 1. The Morgan fingerprint density at radius 1 is 1.43 bits per heavy atom. The maximum Gasteiger partial charge on any atom is 0.416 e. The number of carbonyl (C=O) groups is 1. The molecule has 2 rings (SSSR count). The van der Waals surface area contributed by atoms with E-state index >= 15 is 0 Å². The number of likely N-dealkylation sites (tertiary alicyclic amines) is 1. The van der Waals surface area contributed by atoms with Crippen LogP contribution in [0.25, 0.3) is 0 Å². The molecule has 0 spiro atoms. The second kappa shape index (κ2) is 6.03. The van der Waals surface area contributed by atoms with Crippen molar-refractivity contribution < 1.29 is 22.7 Å². The van der Waals surface area contributed by atoms with Crippen molar-refractivity contribution in [2.75, 3.05) is 13.7 Å². The number of methoxy groups -OCH3 is 1. The van der Waals surface area contributed by atoms with E-state index in [4.69, 9.17) is 10.5 Å². The van der Waals surface area contributed by atoms with Crippen molar-refractivity contribution in [1.82, 2.24) is 4.90 Å². The number of nitrogens with zero attached hydrogens (tertiary/aromatic N) is 1. The van der Waals surface area contributed by atoms with Crippen molar-refractivity contribution >= 4 is 5.91 Å². The molecule has 4 nitrogen and oxygen atoms in total. The second-order valence-corrected chi connectivity index (χ2v) is 5.10. The van der Waals surface area contributed by atoms with Gasteiger partial charge in [-0.15, -0.1) is 0 Å². The van der Waals surface area contributed by atoms with Crippen molar-refractivity contribution in [2.24, 2.45) is 5.73 Å². The summed E-state index contributed by atoms with van der Waals surface area (Å²) in [5.41, 5.74) is 4.77. The van der Waals surface area contributed by atoms with Crippen LogP contribution in [-0.4, -0.2) is 36.6 Å². The number of carbonyl (C=O) groups excluding carboxylic acids is 1. The Bertz CT molecular complexity index is 519. The van der Waals surface area contributed by atoms with Crippen LogP contribution < -0.4 is 5.73 Å². The summed E-state index contributed by atoms with van der Waals surface area (Å²) >= 11 is 0. The predicted molar refractivity (Wildman–Crippen MR) is 70.3 cm³/mol. The van der Waals surface area contributed by atoms with Crippen LogP contribution in [0.2, 0.25) is 0 Å². The summed E-state index contributed by atoms with van der Waals surface area (Å²) in [6, 6.07) is 4.75. The number of hydrogen-bond acceptors (Lipinski definition) is 3. The monoisotopic (exact) mass is 302 g/mol. The van der Waals surface area contributed by atoms with E-state index in [1.165, 1.54) is 19.2 Å². The number of amides is 1. The average molecular weight is 302 g/mol. The van der Waals surface area contributed by atoms with Gasteiger partial charge in [0.1, 0.15) is 0 Å². The Labute approximate surface area is 120 Å². The average Bonchev–Trinajstić information content (AvgIpc) is 2.81. The lowest BCUT2D eigenvalue weighted by Gasteiger charge is -2.23. The molecule has 1 aliphatic rings. The Morgan fingerprint density at radius 3 is 2.67 bits per heavy atom. The molecule has 116 valence electrons. The standard InChI is InChI=1S/C14H17F3N2O2/c1-21-10-6-12(13(18)20)19(8-10)7-9-4-2-3-5-11(9)14(15,16)17/h2-5,10,12H,6-8H2,1H3,(H2,18,20)/t10-,12-/m0/s1. The largest absolute Gasteiger partial charge is 0.416 e. The Morgan fingerprint density at radius 2 is 2.10 bits per heavy atom. The highest BCUT2D eigenvalue weighted by atomic mass is 19.4. The van der Waals surface area contributed by atoms with Crippen molar-refractivity contribution in [3.63, 3.8) is 0 Å². The topological polar surface area (TPSA) is 55.6 Å². The maximum absolute atomic E-state index is 13.0. The highest BCUT2D eigenvalue weighted by Crippen LogP contribution is 2.33. The summed E-state index contributed by atoms with van der Waals surface area (Å²) in [5.74, 6) is -0.543. The van der Waals surface area contributed by atoms with Crippen LogP contribution in [0.3, 0.4) is 0 Å². The quantitative estimate of drug-likeness (QED) is 0.922. The lowest BCUT2D eigenvalue weighted by Crippen LogP contribution is -2.40. The van der Waals surface area contributed by atoms with Gasteiger partial charge in [-0.2, -0.15) is 13.2 Å². The molecule has 1 aliphatic heterocycles. The van der Waals surface area contributed by atoms with Gasteiger partial charge in [0.2, 0.25) is 5.91 Å². The van der Waals surface area contributed by atoms with Crippen LogP contribution in [0, 0.1) is 0 Å². The van der Waals surface area contributed by atoms with Crippen molar-refractivity contribution in [3.05, 3.63) is 35.4 Å². The van der Waals surface area contributed by atoms with Crippen LogP contribution >= 0.6 is 0 Å². The summed E-state index contributed by atoms with van der Waals surface area (Å²) in [7, 11) is 1.51. The van der Waals surface area contributed by atoms with E-state index < -0.39 is 23.7 Å². The number of hydrogen-bond donors (Lipinski definition) is 1.